The van der Waals surface area contributed by atoms with Gasteiger partial charge in [-0.15, -0.1) is 11.3 Å². The van der Waals surface area contributed by atoms with E-state index in [0.29, 0.717) is 30.4 Å². The first-order valence-electron chi connectivity index (χ1n) is 7.24. The zero-order chi connectivity index (χ0) is 14.8. The van der Waals surface area contributed by atoms with Crippen molar-refractivity contribution in [1.82, 2.24) is 9.62 Å². The van der Waals surface area contributed by atoms with Crippen LogP contribution in [-0.2, 0) is 16.6 Å². The van der Waals surface area contributed by atoms with Crippen LogP contribution in [0.4, 0.5) is 0 Å². The summed E-state index contributed by atoms with van der Waals surface area (Å²) in [5.74, 6) is 0.631. The number of nitrogens with one attached hydrogen (secondary N) is 1. The third-order valence-electron chi connectivity index (χ3n) is 3.87. The van der Waals surface area contributed by atoms with Crippen molar-refractivity contribution >= 4 is 21.4 Å². The van der Waals surface area contributed by atoms with Gasteiger partial charge in [0.15, 0.2) is 0 Å². The van der Waals surface area contributed by atoms with Crippen molar-refractivity contribution in [2.75, 3.05) is 19.6 Å². The lowest BCUT2D eigenvalue weighted by Gasteiger charge is -2.29. The van der Waals surface area contributed by atoms with Crippen molar-refractivity contribution in [2.45, 2.75) is 45.1 Å². The molecule has 6 heteroatoms. The van der Waals surface area contributed by atoms with Crippen LogP contribution in [0.15, 0.2) is 10.3 Å². The first kappa shape index (κ1) is 15.9. The molecule has 0 aromatic carbocycles. The zero-order valence-electron chi connectivity index (χ0n) is 12.5. The molecule has 0 unspecified atom stereocenters. The summed E-state index contributed by atoms with van der Waals surface area (Å²) in [5, 5.41) is 5.18. The molecule has 1 aliphatic heterocycles. The van der Waals surface area contributed by atoms with Crippen LogP contribution in [0, 0.1) is 12.8 Å². The average molecular weight is 316 g/mol. The smallest absolute Gasteiger partial charge is 0.244 e. The van der Waals surface area contributed by atoms with E-state index in [1.807, 2.05) is 19.2 Å². The third-order valence-corrected chi connectivity index (χ3v) is 7.23. The fraction of sp³-hybridized carbons (Fsp3) is 0.714. The SMILES string of the molecule is CCNCc1scc(C)c1S(=O)(=O)N1CCC(C)CC1. The Bertz CT molecular complexity index is 544. The highest BCUT2D eigenvalue weighted by atomic mass is 32.2. The predicted molar refractivity (Wildman–Crippen MR) is 83.6 cm³/mol. The Morgan fingerprint density at radius 3 is 2.65 bits per heavy atom. The molecule has 114 valence electrons. The Kier molecular flexibility index (Phi) is 5.23. The predicted octanol–water partition coefficient (Wildman–Crippen LogP) is 2.59. The first-order chi connectivity index (χ1) is 9.46. The van der Waals surface area contributed by atoms with Crippen molar-refractivity contribution in [2.24, 2.45) is 5.92 Å². The molecule has 2 heterocycles. The van der Waals surface area contributed by atoms with Gasteiger partial charge in [0.25, 0.3) is 0 Å². The van der Waals surface area contributed by atoms with Gasteiger partial charge in [0.05, 0.1) is 0 Å². The van der Waals surface area contributed by atoms with E-state index in [1.54, 1.807) is 4.31 Å². The quantitative estimate of drug-likeness (QED) is 0.908. The van der Waals surface area contributed by atoms with Gasteiger partial charge in [0.2, 0.25) is 10.0 Å². The number of rotatable bonds is 5. The molecule has 1 aromatic rings. The summed E-state index contributed by atoms with van der Waals surface area (Å²) in [5.41, 5.74) is 0.876. The molecule has 1 aliphatic rings. The van der Waals surface area contributed by atoms with E-state index in [4.69, 9.17) is 0 Å². The van der Waals surface area contributed by atoms with Crippen LogP contribution in [-0.4, -0.2) is 32.4 Å². The van der Waals surface area contributed by atoms with Gasteiger partial charge >= 0.3 is 0 Å². The molecular weight excluding hydrogens is 292 g/mol. The van der Waals surface area contributed by atoms with E-state index in [-0.39, 0.29) is 0 Å². The van der Waals surface area contributed by atoms with Gasteiger partial charge in [0.1, 0.15) is 4.90 Å². The van der Waals surface area contributed by atoms with Gasteiger partial charge in [-0.1, -0.05) is 13.8 Å². The van der Waals surface area contributed by atoms with Crippen LogP contribution in [0.25, 0.3) is 0 Å². The van der Waals surface area contributed by atoms with E-state index in [1.165, 1.54) is 11.3 Å². The molecule has 1 fully saturated rings. The number of thiophene rings is 1. The molecule has 2 rings (SSSR count). The lowest BCUT2D eigenvalue weighted by atomic mass is 10.0. The summed E-state index contributed by atoms with van der Waals surface area (Å²) in [6.07, 6.45) is 1.93. The maximum Gasteiger partial charge on any atom is 0.244 e. The number of sulfonamides is 1. The number of hydrogen-bond acceptors (Lipinski definition) is 4. The minimum absolute atomic E-state index is 0.540. The van der Waals surface area contributed by atoms with Crippen LogP contribution >= 0.6 is 11.3 Å². The molecule has 20 heavy (non-hydrogen) atoms. The Morgan fingerprint density at radius 1 is 1.40 bits per heavy atom. The largest absolute Gasteiger partial charge is 0.312 e. The molecule has 1 aromatic heterocycles. The molecule has 1 N–H and O–H groups in total. The zero-order valence-corrected chi connectivity index (χ0v) is 14.1. The second-order valence-electron chi connectivity index (χ2n) is 5.54. The van der Waals surface area contributed by atoms with Gasteiger partial charge in [-0.3, -0.25) is 0 Å². The first-order valence-corrected chi connectivity index (χ1v) is 9.56. The fourth-order valence-corrected chi connectivity index (χ4v) is 5.75. The summed E-state index contributed by atoms with van der Waals surface area (Å²) >= 11 is 1.54. The normalized spacial score (nSPS) is 18.6. The molecule has 0 atom stereocenters. The number of piperidine rings is 1. The monoisotopic (exact) mass is 316 g/mol. The molecule has 4 nitrogen and oxygen atoms in total. The highest BCUT2D eigenvalue weighted by Gasteiger charge is 2.31. The Labute approximate surface area is 126 Å². The molecule has 0 saturated carbocycles. The van der Waals surface area contributed by atoms with Gasteiger partial charge in [0, 0.05) is 24.5 Å². The van der Waals surface area contributed by atoms with Crippen LogP contribution in [0.3, 0.4) is 0 Å². The van der Waals surface area contributed by atoms with Crippen molar-refractivity contribution in [3.05, 3.63) is 15.8 Å². The molecule has 0 bridgehead atoms. The van der Waals surface area contributed by atoms with Crippen LogP contribution in [0.1, 0.15) is 37.1 Å². The minimum Gasteiger partial charge on any atom is -0.312 e. The van der Waals surface area contributed by atoms with Crippen LogP contribution < -0.4 is 5.32 Å². The summed E-state index contributed by atoms with van der Waals surface area (Å²) in [6.45, 7) is 8.90. The van der Waals surface area contributed by atoms with Crippen LogP contribution in [0.2, 0.25) is 0 Å². The molecule has 0 aliphatic carbocycles. The van der Waals surface area contributed by atoms with E-state index < -0.39 is 10.0 Å². The van der Waals surface area contributed by atoms with Crippen molar-refractivity contribution < 1.29 is 8.42 Å². The lowest BCUT2D eigenvalue weighted by Crippen LogP contribution is -2.38. The Balaban J connectivity index is 2.27. The molecule has 0 radical (unpaired) electrons. The van der Waals surface area contributed by atoms with Crippen LogP contribution in [0.5, 0.6) is 0 Å². The third kappa shape index (κ3) is 3.24. The number of nitrogens with zero attached hydrogens (tertiary/aromatic N) is 1. The topological polar surface area (TPSA) is 49.4 Å². The van der Waals surface area contributed by atoms with Gasteiger partial charge in [-0.05, 0) is 43.2 Å². The van der Waals surface area contributed by atoms with Crippen molar-refractivity contribution in [3.8, 4) is 0 Å². The van der Waals surface area contributed by atoms with Gasteiger partial charge in [-0.2, -0.15) is 4.31 Å². The van der Waals surface area contributed by atoms with E-state index >= 15 is 0 Å². The summed E-state index contributed by atoms with van der Waals surface area (Å²) in [6, 6.07) is 0. The number of aryl methyl sites for hydroxylation is 1. The van der Waals surface area contributed by atoms with Crippen molar-refractivity contribution in [1.29, 1.82) is 0 Å². The molecule has 0 spiro atoms. The minimum atomic E-state index is -3.33. The number of hydrogen-bond donors (Lipinski definition) is 1. The molecular formula is C14H24N2O2S2. The second-order valence-corrected chi connectivity index (χ2v) is 8.38. The maximum absolute atomic E-state index is 12.9. The maximum atomic E-state index is 12.9. The lowest BCUT2D eigenvalue weighted by molar-refractivity contribution is 0.288. The highest BCUT2D eigenvalue weighted by molar-refractivity contribution is 7.89. The summed E-state index contributed by atoms with van der Waals surface area (Å²) in [4.78, 5) is 1.47. The van der Waals surface area contributed by atoms with Gasteiger partial charge < -0.3 is 5.32 Å². The fourth-order valence-electron chi connectivity index (χ4n) is 2.55. The average Bonchev–Trinajstić information content (AvgIpc) is 2.78. The van der Waals surface area contributed by atoms with Crippen molar-refractivity contribution in [3.63, 3.8) is 0 Å². The highest BCUT2D eigenvalue weighted by Crippen LogP contribution is 2.31. The Hall–Kier alpha value is -0.430. The summed E-state index contributed by atoms with van der Waals surface area (Å²) < 4.78 is 27.4. The second kappa shape index (κ2) is 6.56. The Morgan fingerprint density at radius 2 is 2.05 bits per heavy atom. The van der Waals surface area contributed by atoms with E-state index in [0.717, 1.165) is 29.8 Å². The molecule has 0 amide bonds. The van der Waals surface area contributed by atoms with E-state index in [2.05, 4.69) is 12.2 Å². The van der Waals surface area contributed by atoms with Gasteiger partial charge in [-0.25, -0.2) is 8.42 Å². The van der Waals surface area contributed by atoms with E-state index in [9.17, 15) is 8.42 Å². The molecule has 1 saturated heterocycles. The summed E-state index contributed by atoms with van der Waals surface area (Å²) in [7, 11) is -3.33. The standard InChI is InChI=1S/C14H24N2O2S2/c1-4-15-9-13-14(12(3)10-19-13)20(17,18)16-7-5-11(2)6-8-16/h10-11,15H,4-9H2,1-3H3.